The molecule has 25 heavy (non-hydrogen) atoms. The first kappa shape index (κ1) is 15.8. The minimum Gasteiger partial charge on any atom is -0.453 e. The molecular weight excluding hydrogens is 337 g/mol. The van der Waals surface area contributed by atoms with Gasteiger partial charge in [0.1, 0.15) is 11.6 Å². The smallest absolute Gasteiger partial charge is 0.181 e. The third-order valence-corrected chi connectivity index (χ3v) is 6.59. The first-order valence-corrected chi connectivity index (χ1v) is 10.1. The molecule has 1 atom stereocenters. The van der Waals surface area contributed by atoms with Crippen LogP contribution in [0.25, 0.3) is 0 Å². The van der Waals surface area contributed by atoms with Crippen molar-refractivity contribution in [2.45, 2.75) is 69.0 Å². The average Bonchev–Trinajstić information content (AvgIpc) is 3.34. The molecular formula is C20H22FNO2S. The van der Waals surface area contributed by atoms with Crippen molar-refractivity contribution in [3.8, 4) is 0 Å². The topological polar surface area (TPSA) is 45.4 Å². The molecule has 0 bridgehead atoms. The van der Waals surface area contributed by atoms with Crippen molar-refractivity contribution in [2.24, 2.45) is 0 Å². The molecule has 1 aromatic carbocycles. The van der Waals surface area contributed by atoms with E-state index in [1.165, 1.54) is 23.1 Å². The lowest BCUT2D eigenvalue weighted by atomic mass is 9.96. The van der Waals surface area contributed by atoms with Gasteiger partial charge in [-0.3, -0.25) is 0 Å². The molecule has 0 saturated heterocycles. The van der Waals surface area contributed by atoms with E-state index in [1.54, 1.807) is 0 Å². The molecule has 0 spiro atoms. The van der Waals surface area contributed by atoms with Gasteiger partial charge in [-0.1, -0.05) is 0 Å². The van der Waals surface area contributed by atoms with E-state index in [4.69, 9.17) is 4.42 Å². The quantitative estimate of drug-likeness (QED) is 0.766. The van der Waals surface area contributed by atoms with E-state index in [2.05, 4.69) is 4.72 Å². The summed E-state index contributed by atoms with van der Waals surface area (Å²) in [6, 6.07) is 1.96. The van der Waals surface area contributed by atoms with E-state index < -0.39 is 6.10 Å². The molecule has 3 nitrogen and oxygen atoms in total. The van der Waals surface area contributed by atoms with Crippen molar-refractivity contribution in [1.82, 2.24) is 0 Å². The first-order valence-electron chi connectivity index (χ1n) is 9.31. The van der Waals surface area contributed by atoms with Gasteiger partial charge in [-0.15, -0.1) is 0 Å². The Morgan fingerprint density at radius 1 is 1.00 bits per heavy atom. The van der Waals surface area contributed by atoms with Gasteiger partial charge in [0.25, 0.3) is 0 Å². The van der Waals surface area contributed by atoms with E-state index in [9.17, 15) is 9.50 Å². The lowest BCUT2D eigenvalue weighted by molar-refractivity contribution is 0.152. The number of halogens is 1. The van der Waals surface area contributed by atoms with Gasteiger partial charge in [-0.05, 0) is 79.7 Å². The van der Waals surface area contributed by atoms with E-state index in [1.807, 2.05) is 6.07 Å². The van der Waals surface area contributed by atoms with Crippen molar-refractivity contribution in [3.63, 3.8) is 0 Å². The van der Waals surface area contributed by atoms with Crippen LogP contribution in [0.2, 0.25) is 0 Å². The molecule has 3 aliphatic rings. The maximum Gasteiger partial charge on any atom is 0.181 e. The fourth-order valence-corrected chi connectivity index (χ4v) is 5.45. The lowest BCUT2D eigenvalue weighted by Crippen LogP contribution is -2.05. The molecule has 1 heterocycles. The average molecular weight is 359 g/mol. The van der Waals surface area contributed by atoms with Gasteiger partial charge in [0.2, 0.25) is 0 Å². The Balaban J connectivity index is 1.46. The molecule has 3 aliphatic carbocycles. The van der Waals surface area contributed by atoms with Crippen LogP contribution in [0.15, 0.2) is 15.6 Å². The zero-order chi connectivity index (χ0) is 17.0. The van der Waals surface area contributed by atoms with Crippen LogP contribution >= 0.6 is 11.9 Å². The molecule has 2 N–H and O–H groups in total. The molecule has 2 aromatic rings. The fraction of sp³-hybridized carbons (Fsp3) is 0.500. The number of rotatable bonds is 3. The third kappa shape index (κ3) is 2.51. The Labute approximate surface area is 151 Å². The number of nitrogens with one attached hydrogen (secondary N) is 1. The zero-order valence-corrected chi connectivity index (χ0v) is 15.0. The number of hydrogen-bond donors (Lipinski definition) is 2. The Kier molecular flexibility index (Phi) is 3.82. The van der Waals surface area contributed by atoms with Gasteiger partial charge >= 0.3 is 0 Å². The SMILES string of the molecule is OC1CCCc2oc(SNc3c4c(c(F)c5c3CCC5)CCC4)cc21. The molecule has 1 unspecified atom stereocenters. The Morgan fingerprint density at radius 3 is 2.36 bits per heavy atom. The Bertz CT molecular complexity index is 810. The number of fused-ring (bicyclic) bond motifs is 3. The van der Waals surface area contributed by atoms with Gasteiger partial charge in [0.05, 0.1) is 11.8 Å². The van der Waals surface area contributed by atoms with Crippen LogP contribution in [0.3, 0.4) is 0 Å². The number of aliphatic hydroxyl groups is 1. The van der Waals surface area contributed by atoms with E-state index in [0.717, 1.165) is 91.0 Å². The molecule has 132 valence electrons. The number of furan rings is 1. The van der Waals surface area contributed by atoms with Crippen molar-refractivity contribution >= 4 is 17.6 Å². The molecule has 5 rings (SSSR count). The molecule has 0 amide bonds. The first-order chi connectivity index (χ1) is 12.2. The molecule has 0 radical (unpaired) electrons. The van der Waals surface area contributed by atoms with Crippen LogP contribution in [-0.4, -0.2) is 5.11 Å². The monoisotopic (exact) mass is 359 g/mol. The van der Waals surface area contributed by atoms with Gasteiger partial charge in [0, 0.05) is 23.9 Å². The number of anilines is 1. The van der Waals surface area contributed by atoms with Gasteiger partial charge in [-0.25, -0.2) is 4.39 Å². The van der Waals surface area contributed by atoms with Crippen molar-refractivity contribution in [2.75, 3.05) is 4.72 Å². The van der Waals surface area contributed by atoms with Crippen LogP contribution in [0, 0.1) is 5.82 Å². The minimum absolute atomic E-state index is 0.0622. The molecule has 5 heteroatoms. The largest absolute Gasteiger partial charge is 0.453 e. The summed E-state index contributed by atoms with van der Waals surface area (Å²) in [5, 5.41) is 10.9. The predicted molar refractivity (Wildman–Crippen MR) is 96.5 cm³/mol. The maximum absolute atomic E-state index is 14.7. The highest BCUT2D eigenvalue weighted by Gasteiger charge is 2.29. The highest BCUT2D eigenvalue weighted by Crippen LogP contribution is 2.43. The summed E-state index contributed by atoms with van der Waals surface area (Å²) in [6.07, 6.45) is 7.97. The molecule has 0 aliphatic heterocycles. The van der Waals surface area contributed by atoms with Crippen LogP contribution in [0.4, 0.5) is 10.1 Å². The Hall–Kier alpha value is -1.46. The fourth-order valence-electron chi connectivity index (χ4n) is 4.67. The van der Waals surface area contributed by atoms with E-state index in [-0.39, 0.29) is 5.82 Å². The van der Waals surface area contributed by atoms with Crippen LogP contribution < -0.4 is 4.72 Å². The highest BCUT2D eigenvalue weighted by atomic mass is 32.2. The number of aliphatic hydroxyl groups excluding tert-OH is 1. The minimum atomic E-state index is -0.402. The van der Waals surface area contributed by atoms with Crippen LogP contribution in [0.1, 0.15) is 65.4 Å². The predicted octanol–water partition coefficient (Wildman–Crippen LogP) is 4.89. The van der Waals surface area contributed by atoms with Crippen LogP contribution in [-0.2, 0) is 32.1 Å². The second-order valence-electron chi connectivity index (χ2n) is 7.37. The lowest BCUT2D eigenvalue weighted by Gasteiger charge is -2.16. The molecule has 0 fully saturated rings. The third-order valence-electron chi connectivity index (χ3n) is 5.88. The second-order valence-corrected chi connectivity index (χ2v) is 8.18. The van der Waals surface area contributed by atoms with E-state index in [0.29, 0.717) is 0 Å². The van der Waals surface area contributed by atoms with Crippen molar-refractivity contribution in [3.05, 3.63) is 45.5 Å². The summed E-state index contributed by atoms with van der Waals surface area (Å²) < 4.78 is 24.1. The normalized spacial score (nSPS) is 21.1. The summed E-state index contributed by atoms with van der Waals surface area (Å²) in [6.45, 7) is 0. The van der Waals surface area contributed by atoms with Crippen molar-refractivity contribution < 1.29 is 13.9 Å². The number of benzene rings is 1. The maximum atomic E-state index is 14.7. The number of hydrogen-bond acceptors (Lipinski definition) is 4. The van der Waals surface area contributed by atoms with Crippen LogP contribution in [0.5, 0.6) is 0 Å². The number of aryl methyl sites for hydroxylation is 1. The molecule has 0 saturated carbocycles. The summed E-state index contributed by atoms with van der Waals surface area (Å²) in [5.74, 6) is 0.977. The van der Waals surface area contributed by atoms with Gasteiger partial charge in [-0.2, -0.15) is 0 Å². The summed E-state index contributed by atoms with van der Waals surface area (Å²) in [7, 11) is 0. The van der Waals surface area contributed by atoms with Gasteiger partial charge in [0.15, 0.2) is 5.09 Å². The van der Waals surface area contributed by atoms with E-state index >= 15 is 0 Å². The highest BCUT2D eigenvalue weighted by molar-refractivity contribution is 8.00. The standard InChI is InChI=1S/C20H22FNO2S/c21-19-11-4-1-6-13(11)20(14-7-2-5-12(14)19)22-25-18-10-15-16(23)8-3-9-17(15)24-18/h10,16,22-23H,1-9H2. The summed E-state index contributed by atoms with van der Waals surface area (Å²) in [5.41, 5.74) is 6.26. The van der Waals surface area contributed by atoms with Crippen molar-refractivity contribution in [1.29, 1.82) is 0 Å². The summed E-state index contributed by atoms with van der Waals surface area (Å²) >= 11 is 1.46. The summed E-state index contributed by atoms with van der Waals surface area (Å²) in [4.78, 5) is 0. The Morgan fingerprint density at radius 2 is 1.68 bits per heavy atom. The second kappa shape index (κ2) is 6.06. The molecule has 1 aromatic heterocycles. The zero-order valence-electron chi connectivity index (χ0n) is 14.2. The van der Waals surface area contributed by atoms with Gasteiger partial charge < -0.3 is 14.2 Å².